The third-order valence-corrected chi connectivity index (χ3v) is 5.80. The van der Waals surface area contributed by atoms with E-state index < -0.39 is 5.72 Å². The Kier molecular flexibility index (Phi) is 4.46. The molecule has 0 radical (unpaired) electrons. The summed E-state index contributed by atoms with van der Waals surface area (Å²) in [4.78, 5) is 27.3. The van der Waals surface area contributed by atoms with Gasteiger partial charge >= 0.3 is 6.03 Å². The molecular weight excluding hydrogens is 394 g/mol. The minimum Gasteiger partial charge on any atom is -0.467 e. The summed E-state index contributed by atoms with van der Waals surface area (Å²) in [6.45, 7) is 4.22. The monoisotopic (exact) mass is 417 g/mol. The van der Waals surface area contributed by atoms with Crippen molar-refractivity contribution in [3.05, 3.63) is 83.3 Å². The number of aryl methyl sites for hydroxylation is 1. The molecule has 2 unspecified atom stereocenters. The van der Waals surface area contributed by atoms with Crippen molar-refractivity contribution in [2.24, 2.45) is 0 Å². The second-order valence-corrected chi connectivity index (χ2v) is 8.17. The summed E-state index contributed by atoms with van der Waals surface area (Å²) in [5.74, 6) is 1.19. The van der Waals surface area contributed by atoms with E-state index in [-0.39, 0.29) is 18.0 Å². The Morgan fingerprint density at radius 1 is 1.23 bits per heavy atom. The van der Waals surface area contributed by atoms with Crippen molar-refractivity contribution >= 4 is 17.6 Å². The first-order valence-corrected chi connectivity index (χ1v) is 10.2. The largest absolute Gasteiger partial charge is 0.467 e. The average Bonchev–Trinajstić information content (AvgIpc) is 3.26. The maximum absolute atomic E-state index is 13.1. The van der Waals surface area contributed by atoms with Crippen LogP contribution < -0.4 is 20.3 Å². The quantitative estimate of drug-likeness (QED) is 0.663. The third-order valence-electron chi connectivity index (χ3n) is 5.80. The lowest BCUT2D eigenvalue weighted by Crippen LogP contribution is -2.65. The minimum atomic E-state index is -0.863. The van der Waals surface area contributed by atoms with E-state index in [4.69, 9.17) is 9.15 Å². The summed E-state index contributed by atoms with van der Waals surface area (Å²) >= 11 is 0. The summed E-state index contributed by atoms with van der Waals surface area (Å²) in [5.41, 5.74) is 2.31. The lowest BCUT2D eigenvalue weighted by Gasteiger charge is -2.50. The van der Waals surface area contributed by atoms with Crippen LogP contribution in [-0.2, 0) is 6.54 Å². The van der Waals surface area contributed by atoms with Crippen LogP contribution in [0, 0.1) is 6.92 Å². The van der Waals surface area contributed by atoms with Gasteiger partial charge < -0.3 is 19.8 Å². The van der Waals surface area contributed by atoms with E-state index in [0.717, 1.165) is 16.9 Å². The number of ether oxygens (including phenoxy) is 1. The molecule has 2 atom stereocenters. The SMILES string of the molecule is Cc1ccc2c(c1)C1CC(C)(O2)N(c2cccc(C(=O)NCc3ccco3)c2)C(=O)N1. The maximum Gasteiger partial charge on any atom is 0.325 e. The standard InChI is InChI=1S/C24H23N3O4/c1-15-8-9-21-19(11-15)20-13-24(2,31-21)27(23(29)26-20)17-6-3-5-16(12-17)22(28)25-14-18-7-4-10-30-18/h3-12,20H,13-14H2,1-2H3,(H,25,28)(H,26,29). The first-order chi connectivity index (χ1) is 14.9. The van der Waals surface area contributed by atoms with Gasteiger partial charge in [0.2, 0.25) is 0 Å². The van der Waals surface area contributed by atoms with Crippen LogP contribution in [0.3, 0.4) is 0 Å². The van der Waals surface area contributed by atoms with Crippen molar-refractivity contribution in [2.45, 2.75) is 38.6 Å². The highest BCUT2D eigenvalue weighted by Crippen LogP contribution is 2.45. The number of amides is 3. The van der Waals surface area contributed by atoms with Crippen LogP contribution in [0.4, 0.5) is 10.5 Å². The molecule has 0 spiro atoms. The number of carbonyl (C=O) groups excluding carboxylic acids is 2. The highest BCUT2D eigenvalue weighted by atomic mass is 16.5. The van der Waals surface area contributed by atoms with Crippen LogP contribution in [0.2, 0.25) is 0 Å². The van der Waals surface area contributed by atoms with Crippen molar-refractivity contribution in [1.82, 2.24) is 10.6 Å². The van der Waals surface area contributed by atoms with Crippen molar-refractivity contribution in [1.29, 1.82) is 0 Å². The molecule has 3 amide bonds. The maximum atomic E-state index is 13.1. The molecule has 5 rings (SSSR count). The second-order valence-electron chi connectivity index (χ2n) is 8.17. The third kappa shape index (κ3) is 3.42. The molecule has 7 heteroatoms. The number of urea groups is 1. The van der Waals surface area contributed by atoms with Crippen molar-refractivity contribution in [3.63, 3.8) is 0 Å². The molecule has 3 aromatic rings. The van der Waals surface area contributed by atoms with Crippen molar-refractivity contribution in [3.8, 4) is 5.75 Å². The second kappa shape index (κ2) is 7.19. The van der Waals surface area contributed by atoms with Crippen molar-refractivity contribution < 1.29 is 18.7 Å². The molecule has 2 aliphatic heterocycles. The van der Waals surface area contributed by atoms with Gasteiger partial charge in [-0.3, -0.25) is 9.69 Å². The van der Waals surface area contributed by atoms with Gasteiger partial charge in [-0.25, -0.2) is 4.79 Å². The zero-order chi connectivity index (χ0) is 21.6. The first kappa shape index (κ1) is 19.2. The average molecular weight is 417 g/mol. The van der Waals surface area contributed by atoms with Crippen LogP contribution in [0.25, 0.3) is 0 Å². The molecule has 158 valence electrons. The summed E-state index contributed by atoms with van der Waals surface area (Å²) in [6, 6.07) is 16.2. The Hall–Kier alpha value is -3.74. The number of fused-ring (bicyclic) bond motifs is 4. The molecule has 1 aromatic heterocycles. The Labute approximate surface area is 180 Å². The molecule has 2 aromatic carbocycles. The van der Waals surface area contributed by atoms with E-state index >= 15 is 0 Å². The molecule has 1 fully saturated rings. The Morgan fingerprint density at radius 3 is 2.90 bits per heavy atom. The molecule has 0 saturated carbocycles. The molecule has 31 heavy (non-hydrogen) atoms. The fourth-order valence-corrected chi connectivity index (χ4v) is 4.35. The lowest BCUT2D eigenvalue weighted by atomic mass is 9.89. The summed E-state index contributed by atoms with van der Waals surface area (Å²) < 4.78 is 11.6. The normalized spacial score (nSPS) is 21.7. The van der Waals surface area contributed by atoms with Gasteiger partial charge in [-0.05, 0) is 50.2 Å². The smallest absolute Gasteiger partial charge is 0.325 e. The summed E-state index contributed by atoms with van der Waals surface area (Å²) in [5, 5.41) is 5.92. The van der Waals surface area contributed by atoms with Gasteiger partial charge in [-0.1, -0.05) is 23.8 Å². The van der Waals surface area contributed by atoms with Crippen molar-refractivity contribution in [2.75, 3.05) is 4.90 Å². The number of nitrogens with zero attached hydrogens (tertiary/aromatic N) is 1. The van der Waals surface area contributed by atoms with E-state index in [9.17, 15) is 9.59 Å². The van der Waals surface area contributed by atoms with Crippen LogP contribution in [0.5, 0.6) is 5.75 Å². The fourth-order valence-electron chi connectivity index (χ4n) is 4.35. The predicted octanol–water partition coefficient (Wildman–Crippen LogP) is 4.29. The van der Waals surface area contributed by atoms with Gasteiger partial charge in [0.15, 0.2) is 5.72 Å². The molecule has 2 N–H and O–H groups in total. The molecule has 0 aliphatic carbocycles. The van der Waals surface area contributed by atoms with Gasteiger partial charge in [0.25, 0.3) is 5.91 Å². The van der Waals surface area contributed by atoms with Gasteiger partial charge in [-0.2, -0.15) is 0 Å². The number of benzene rings is 2. The molecular formula is C24H23N3O4. The highest BCUT2D eigenvalue weighted by Gasteiger charge is 2.49. The van der Waals surface area contributed by atoms with E-state index in [2.05, 4.69) is 16.7 Å². The van der Waals surface area contributed by atoms with E-state index in [1.54, 1.807) is 41.5 Å². The number of rotatable bonds is 4. The van der Waals surface area contributed by atoms with Crippen LogP contribution in [-0.4, -0.2) is 17.7 Å². The number of hydrogen-bond acceptors (Lipinski definition) is 4. The van der Waals surface area contributed by atoms with Gasteiger partial charge in [-0.15, -0.1) is 0 Å². The first-order valence-electron chi connectivity index (χ1n) is 10.2. The zero-order valence-electron chi connectivity index (χ0n) is 17.3. The zero-order valence-corrected chi connectivity index (χ0v) is 17.3. The molecule has 2 bridgehead atoms. The van der Waals surface area contributed by atoms with E-state index in [1.807, 2.05) is 32.0 Å². The Bertz CT molecular complexity index is 1160. The van der Waals surface area contributed by atoms with E-state index in [0.29, 0.717) is 30.0 Å². The topological polar surface area (TPSA) is 83.8 Å². The highest BCUT2D eigenvalue weighted by molar-refractivity contribution is 5.98. The number of anilines is 1. The summed E-state index contributed by atoms with van der Waals surface area (Å²) in [7, 11) is 0. The van der Waals surface area contributed by atoms with E-state index in [1.165, 1.54) is 0 Å². The van der Waals surface area contributed by atoms with Gasteiger partial charge in [0.1, 0.15) is 11.5 Å². The minimum absolute atomic E-state index is 0.114. The number of furan rings is 1. The number of carbonyl (C=O) groups is 2. The molecule has 3 heterocycles. The summed E-state index contributed by atoms with van der Waals surface area (Å²) in [6.07, 6.45) is 2.17. The van der Waals surface area contributed by atoms with Crippen LogP contribution in [0.1, 0.15) is 46.6 Å². The van der Waals surface area contributed by atoms with Gasteiger partial charge in [0, 0.05) is 17.5 Å². The fraction of sp³-hybridized carbons (Fsp3) is 0.250. The van der Waals surface area contributed by atoms with Gasteiger partial charge in [0.05, 0.1) is 24.5 Å². The van der Waals surface area contributed by atoms with Crippen LogP contribution >= 0.6 is 0 Å². The Morgan fingerprint density at radius 2 is 2.10 bits per heavy atom. The Balaban J connectivity index is 1.42. The molecule has 7 nitrogen and oxygen atoms in total. The number of hydrogen-bond donors (Lipinski definition) is 2. The lowest BCUT2D eigenvalue weighted by molar-refractivity contribution is 0.0378. The molecule has 1 saturated heterocycles. The number of nitrogens with one attached hydrogen (secondary N) is 2. The van der Waals surface area contributed by atoms with Crippen LogP contribution in [0.15, 0.2) is 65.3 Å². The predicted molar refractivity (Wildman–Crippen MR) is 115 cm³/mol. The molecule has 2 aliphatic rings.